The molecule has 1 N–H and O–H groups in total. The van der Waals surface area contributed by atoms with E-state index in [1.54, 1.807) is 24.5 Å². The lowest BCUT2D eigenvalue weighted by Gasteiger charge is -2.17. The first-order valence-electron chi connectivity index (χ1n) is 10.6. The van der Waals surface area contributed by atoms with Gasteiger partial charge >= 0.3 is 5.57 Å². The molecule has 10 heteroatoms. The van der Waals surface area contributed by atoms with E-state index < -0.39 is 5.57 Å². The van der Waals surface area contributed by atoms with Crippen molar-refractivity contribution < 1.29 is 18.3 Å². The first-order chi connectivity index (χ1) is 16.2. The van der Waals surface area contributed by atoms with Crippen molar-refractivity contribution in [2.75, 3.05) is 5.32 Å². The van der Waals surface area contributed by atoms with Gasteiger partial charge in [-0.2, -0.15) is 0 Å². The van der Waals surface area contributed by atoms with Gasteiger partial charge in [0.2, 0.25) is 0 Å². The number of aryl methyl sites for hydroxylation is 1. The molecule has 4 rings (SSSR count). The molecular formula is C24H22ClF2N5O2. The van der Waals surface area contributed by atoms with Gasteiger partial charge in [0.1, 0.15) is 17.9 Å². The zero-order valence-corrected chi connectivity index (χ0v) is 19.5. The van der Waals surface area contributed by atoms with E-state index in [1.807, 2.05) is 6.92 Å². The summed E-state index contributed by atoms with van der Waals surface area (Å²) in [6, 6.07) is 9.19. The average molecular weight is 486 g/mol. The Bertz CT molecular complexity index is 1320. The van der Waals surface area contributed by atoms with E-state index in [0.717, 1.165) is 28.9 Å². The number of ether oxygens (including phenoxy) is 1. The molecular weight excluding hydrogens is 464 g/mol. The molecule has 4 aromatic rings. The fourth-order valence-corrected chi connectivity index (χ4v) is 3.89. The van der Waals surface area contributed by atoms with Crippen LogP contribution < -0.4 is 10.1 Å². The monoisotopic (exact) mass is 485 g/mol. The van der Waals surface area contributed by atoms with Crippen LogP contribution in [0.25, 0.3) is 22.2 Å². The summed E-state index contributed by atoms with van der Waals surface area (Å²) >= 11 is 4.78. The number of rotatable bonds is 7. The summed E-state index contributed by atoms with van der Waals surface area (Å²) in [5.74, 6) is 0.329. The second kappa shape index (κ2) is 9.34. The molecule has 0 saturated carbocycles. The highest BCUT2D eigenvalue weighted by Crippen LogP contribution is 2.33. The number of fused-ring (bicyclic) bond motifs is 1. The maximum atomic E-state index is 13.1. The van der Waals surface area contributed by atoms with Crippen molar-refractivity contribution in [3.63, 3.8) is 0 Å². The summed E-state index contributed by atoms with van der Waals surface area (Å²) in [5, 5.41) is 2.77. The van der Waals surface area contributed by atoms with E-state index >= 15 is 0 Å². The van der Waals surface area contributed by atoms with Crippen LogP contribution in [0.3, 0.4) is 0 Å². The summed E-state index contributed by atoms with van der Waals surface area (Å²) in [7, 11) is 0. The van der Waals surface area contributed by atoms with Crippen molar-refractivity contribution >= 4 is 34.2 Å². The van der Waals surface area contributed by atoms with Crippen molar-refractivity contribution in [3.8, 4) is 16.9 Å². The highest BCUT2D eigenvalue weighted by molar-refractivity contribution is 6.20. The van der Waals surface area contributed by atoms with Crippen LogP contribution in [0.15, 0.2) is 55.1 Å². The molecule has 0 saturated heterocycles. The predicted octanol–water partition coefficient (Wildman–Crippen LogP) is 6.19. The molecule has 0 radical (unpaired) electrons. The van der Waals surface area contributed by atoms with Gasteiger partial charge in [0.15, 0.2) is 0 Å². The Kier molecular flexibility index (Phi) is 6.47. The molecule has 0 aliphatic carbocycles. The fourth-order valence-electron chi connectivity index (χ4n) is 3.80. The van der Waals surface area contributed by atoms with Gasteiger partial charge in [-0.1, -0.05) is 6.92 Å². The number of halogens is 3. The van der Waals surface area contributed by atoms with Crippen molar-refractivity contribution in [1.29, 1.82) is 0 Å². The van der Waals surface area contributed by atoms with Gasteiger partial charge < -0.3 is 14.6 Å². The summed E-state index contributed by atoms with van der Waals surface area (Å²) in [6.45, 7) is 6.16. The lowest BCUT2D eigenvalue weighted by atomic mass is 10.0. The number of hydrogen-bond acceptors (Lipinski definition) is 5. The smallest absolute Gasteiger partial charge is 0.420 e. The van der Waals surface area contributed by atoms with Crippen LogP contribution in [0.1, 0.15) is 42.5 Å². The number of anilines is 1. The van der Waals surface area contributed by atoms with Crippen molar-refractivity contribution in [2.24, 2.45) is 0 Å². The number of nitrogens with zero attached hydrogens (tertiary/aromatic N) is 4. The maximum absolute atomic E-state index is 13.1. The Morgan fingerprint density at radius 3 is 2.50 bits per heavy atom. The third-order valence-corrected chi connectivity index (χ3v) is 5.55. The Labute approximate surface area is 199 Å². The van der Waals surface area contributed by atoms with Crippen LogP contribution in [-0.4, -0.2) is 31.0 Å². The maximum Gasteiger partial charge on any atom is 0.487 e. The molecule has 0 aliphatic rings. The summed E-state index contributed by atoms with van der Waals surface area (Å²) in [6.07, 6.45) is 5.74. The van der Waals surface area contributed by atoms with Crippen LogP contribution in [0.5, 0.6) is 5.75 Å². The molecule has 2 aromatic carbocycles. The number of nitrogens with one attached hydrogen (secondary N) is 1. The third kappa shape index (κ3) is 4.99. The van der Waals surface area contributed by atoms with E-state index in [2.05, 4.69) is 38.4 Å². The second-order valence-corrected chi connectivity index (χ2v) is 8.27. The number of amides is 1. The third-order valence-electron chi connectivity index (χ3n) is 5.47. The number of aromatic nitrogens is 4. The van der Waals surface area contributed by atoms with E-state index in [9.17, 15) is 13.6 Å². The first-order valence-corrected chi connectivity index (χ1v) is 11.0. The number of carbonyl (C=O) groups is 1. The number of benzene rings is 2. The molecule has 0 bridgehead atoms. The predicted molar refractivity (Wildman–Crippen MR) is 126 cm³/mol. The Morgan fingerprint density at radius 2 is 1.88 bits per heavy atom. The lowest BCUT2D eigenvalue weighted by molar-refractivity contribution is -0.0964. The quantitative estimate of drug-likeness (QED) is 0.315. The molecule has 1 amide bonds. The molecule has 0 aliphatic heterocycles. The summed E-state index contributed by atoms with van der Waals surface area (Å²) in [4.78, 5) is 26.1. The molecule has 0 fully saturated rings. The average Bonchev–Trinajstić information content (AvgIpc) is 3.14. The number of hydrogen-bond donors (Lipinski definition) is 1. The van der Waals surface area contributed by atoms with Crippen LogP contribution in [0.4, 0.5) is 14.5 Å². The summed E-state index contributed by atoms with van der Waals surface area (Å²) < 4.78 is 32.1. The number of alkyl halides is 3. The van der Waals surface area contributed by atoms with Gasteiger partial charge in [-0.3, -0.25) is 4.79 Å². The van der Waals surface area contributed by atoms with Gasteiger partial charge in [0.05, 0.1) is 11.0 Å². The van der Waals surface area contributed by atoms with E-state index in [4.69, 9.17) is 16.6 Å². The molecule has 0 unspecified atom stereocenters. The fraction of sp³-hybridized carbons (Fsp3) is 0.250. The number of imidazole rings is 1. The van der Waals surface area contributed by atoms with Crippen LogP contribution in [0, 0.1) is 6.92 Å². The highest BCUT2D eigenvalue weighted by atomic mass is 35.5. The standard InChI is InChI=1S/C24H22ClF2N5O2/c1-4-14(2)32-15(3)30-21-10-16(9-20(22(21)32)17-11-28-13-29-12-17)23(33)31-18-5-7-19(8-6-18)34-24(25,26)27/h5-14H,4H2,1-3H3,(H,31,33)/t14-/m1/s1. The van der Waals surface area contributed by atoms with Gasteiger partial charge in [0.25, 0.3) is 5.91 Å². The van der Waals surface area contributed by atoms with Gasteiger partial charge in [-0.05, 0) is 56.7 Å². The van der Waals surface area contributed by atoms with Gasteiger partial charge in [-0.25, -0.2) is 15.0 Å². The molecule has 2 heterocycles. The van der Waals surface area contributed by atoms with Gasteiger partial charge in [0, 0.05) is 52.4 Å². The number of carbonyl (C=O) groups excluding carboxylic acids is 1. The molecule has 0 spiro atoms. The normalized spacial score (nSPS) is 12.5. The molecule has 1 atom stereocenters. The van der Waals surface area contributed by atoms with Crippen LogP contribution in [-0.2, 0) is 0 Å². The highest BCUT2D eigenvalue weighted by Gasteiger charge is 2.27. The van der Waals surface area contributed by atoms with Gasteiger partial charge in [-0.15, -0.1) is 8.78 Å². The first kappa shape index (κ1) is 23.6. The van der Waals surface area contributed by atoms with E-state index in [1.165, 1.54) is 30.6 Å². The zero-order valence-electron chi connectivity index (χ0n) is 18.7. The molecule has 2 aromatic heterocycles. The SMILES string of the molecule is CC[C@@H](C)n1c(C)nc2cc(C(=O)Nc3ccc(OC(F)(F)Cl)cc3)cc(-c3cncnc3)c21. The van der Waals surface area contributed by atoms with E-state index in [-0.39, 0.29) is 17.7 Å². The lowest BCUT2D eigenvalue weighted by Crippen LogP contribution is -2.16. The van der Waals surface area contributed by atoms with Crippen molar-refractivity contribution in [2.45, 2.75) is 38.8 Å². The Morgan fingerprint density at radius 1 is 1.21 bits per heavy atom. The minimum Gasteiger partial charge on any atom is -0.420 e. The minimum absolute atomic E-state index is 0.128. The van der Waals surface area contributed by atoms with Crippen molar-refractivity contribution in [1.82, 2.24) is 19.5 Å². The molecule has 176 valence electrons. The topological polar surface area (TPSA) is 81.9 Å². The van der Waals surface area contributed by atoms with Crippen molar-refractivity contribution in [3.05, 3.63) is 66.5 Å². The Hall–Kier alpha value is -3.59. The Balaban J connectivity index is 1.73. The second-order valence-electron chi connectivity index (χ2n) is 7.83. The zero-order chi connectivity index (χ0) is 24.5. The summed E-state index contributed by atoms with van der Waals surface area (Å²) in [5.41, 5.74) is 0.106. The largest absolute Gasteiger partial charge is 0.487 e. The molecule has 34 heavy (non-hydrogen) atoms. The minimum atomic E-state index is -3.81. The molecule has 7 nitrogen and oxygen atoms in total. The van der Waals surface area contributed by atoms with E-state index in [0.29, 0.717) is 16.8 Å². The van der Waals surface area contributed by atoms with Crippen LogP contribution in [0.2, 0.25) is 0 Å². The van der Waals surface area contributed by atoms with Crippen LogP contribution >= 0.6 is 11.6 Å².